The number of amides is 1. The van der Waals surface area contributed by atoms with E-state index in [1.165, 1.54) is 0 Å². The van der Waals surface area contributed by atoms with E-state index in [0.29, 0.717) is 31.0 Å². The molecule has 1 aliphatic heterocycles. The molecule has 1 aliphatic rings. The smallest absolute Gasteiger partial charge is 0.227 e. The molecular formula is C23H25N5O3. The molecule has 2 aromatic heterocycles. The Bertz CT molecular complexity index is 1020. The van der Waals surface area contributed by atoms with Crippen molar-refractivity contribution in [1.29, 1.82) is 0 Å². The van der Waals surface area contributed by atoms with Gasteiger partial charge in [-0.1, -0.05) is 12.1 Å². The number of carbonyl (C=O) groups is 1. The Kier molecular flexibility index (Phi) is 6.26. The average Bonchev–Trinajstić information content (AvgIpc) is 2.84. The first-order chi connectivity index (χ1) is 15.2. The van der Waals surface area contributed by atoms with Gasteiger partial charge in [0, 0.05) is 32.4 Å². The average molecular weight is 419 g/mol. The highest BCUT2D eigenvalue weighted by Crippen LogP contribution is 2.28. The van der Waals surface area contributed by atoms with Crippen molar-refractivity contribution in [2.75, 3.05) is 45.3 Å². The van der Waals surface area contributed by atoms with Gasteiger partial charge in [0.2, 0.25) is 5.91 Å². The monoisotopic (exact) mass is 419 g/mol. The van der Waals surface area contributed by atoms with E-state index in [9.17, 15) is 4.79 Å². The quantitative estimate of drug-likeness (QED) is 0.607. The molecule has 1 fully saturated rings. The second-order valence-corrected chi connectivity index (χ2v) is 7.23. The third-order valence-electron chi connectivity index (χ3n) is 5.34. The molecule has 31 heavy (non-hydrogen) atoms. The van der Waals surface area contributed by atoms with Gasteiger partial charge in [0.1, 0.15) is 5.69 Å². The van der Waals surface area contributed by atoms with Crippen molar-refractivity contribution in [3.8, 4) is 22.9 Å². The summed E-state index contributed by atoms with van der Waals surface area (Å²) in [6, 6.07) is 15.2. The number of ether oxygens (including phenoxy) is 2. The standard InChI is InChI=1S/C23H25N5O3/c1-30-20-8-6-17(15-21(20)31-2)16-23(29)28-13-11-27(12-14-28)22-9-7-19(25-26-22)18-5-3-4-10-24-18/h3-10,15H,11-14,16H2,1-2H3. The molecule has 0 spiro atoms. The molecule has 3 heterocycles. The van der Waals surface area contributed by atoms with Crippen LogP contribution < -0.4 is 14.4 Å². The molecule has 0 radical (unpaired) electrons. The molecule has 0 unspecified atom stereocenters. The first-order valence-electron chi connectivity index (χ1n) is 10.2. The predicted molar refractivity (Wildman–Crippen MR) is 117 cm³/mol. The van der Waals surface area contributed by atoms with E-state index >= 15 is 0 Å². The summed E-state index contributed by atoms with van der Waals surface area (Å²) in [7, 11) is 3.19. The zero-order valence-corrected chi connectivity index (χ0v) is 17.7. The van der Waals surface area contributed by atoms with Crippen molar-refractivity contribution >= 4 is 11.7 Å². The van der Waals surface area contributed by atoms with Crippen LogP contribution in [0.15, 0.2) is 54.7 Å². The topological polar surface area (TPSA) is 80.7 Å². The van der Waals surface area contributed by atoms with Gasteiger partial charge >= 0.3 is 0 Å². The highest BCUT2D eigenvalue weighted by molar-refractivity contribution is 5.79. The molecule has 0 atom stereocenters. The molecule has 8 nitrogen and oxygen atoms in total. The summed E-state index contributed by atoms with van der Waals surface area (Å²) in [5, 5.41) is 8.67. The van der Waals surface area contributed by atoms with E-state index in [4.69, 9.17) is 9.47 Å². The van der Waals surface area contributed by atoms with Gasteiger partial charge in [-0.15, -0.1) is 10.2 Å². The number of nitrogens with zero attached hydrogens (tertiary/aromatic N) is 5. The number of pyridine rings is 1. The molecule has 4 rings (SSSR count). The van der Waals surface area contributed by atoms with Crippen LogP contribution in [0.5, 0.6) is 11.5 Å². The van der Waals surface area contributed by atoms with Crippen molar-refractivity contribution in [2.45, 2.75) is 6.42 Å². The van der Waals surface area contributed by atoms with Gasteiger partial charge in [-0.2, -0.15) is 0 Å². The van der Waals surface area contributed by atoms with Crippen molar-refractivity contribution in [1.82, 2.24) is 20.1 Å². The third kappa shape index (κ3) is 4.74. The fraction of sp³-hybridized carbons (Fsp3) is 0.304. The Morgan fingerprint density at radius 3 is 2.35 bits per heavy atom. The third-order valence-corrected chi connectivity index (χ3v) is 5.34. The Hall–Kier alpha value is -3.68. The molecule has 1 saturated heterocycles. The first-order valence-corrected chi connectivity index (χ1v) is 10.2. The predicted octanol–water partition coefficient (Wildman–Crippen LogP) is 2.45. The Balaban J connectivity index is 1.33. The number of methoxy groups -OCH3 is 2. The molecule has 1 aromatic carbocycles. The number of piperazine rings is 1. The second-order valence-electron chi connectivity index (χ2n) is 7.23. The van der Waals surface area contributed by atoms with Gasteiger partial charge in [0.05, 0.1) is 26.3 Å². The molecule has 160 valence electrons. The van der Waals surface area contributed by atoms with Gasteiger partial charge in [0.25, 0.3) is 0 Å². The van der Waals surface area contributed by atoms with Crippen LogP contribution in [0, 0.1) is 0 Å². The number of hydrogen-bond acceptors (Lipinski definition) is 7. The second kappa shape index (κ2) is 9.42. The summed E-state index contributed by atoms with van der Waals surface area (Å²) in [5.41, 5.74) is 2.45. The summed E-state index contributed by atoms with van der Waals surface area (Å²) in [4.78, 5) is 21.1. The normalized spacial score (nSPS) is 13.7. The van der Waals surface area contributed by atoms with Gasteiger partial charge in [0.15, 0.2) is 17.3 Å². The van der Waals surface area contributed by atoms with E-state index < -0.39 is 0 Å². The molecular weight excluding hydrogens is 394 g/mol. The summed E-state index contributed by atoms with van der Waals surface area (Å²) in [5.74, 6) is 2.20. The minimum absolute atomic E-state index is 0.100. The lowest BCUT2D eigenvalue weighted by atomic mass is 10.1. The van der Waals surface area contributed by atoms with E-state index in [2.05, 4.69) is 20.1 Å². The van der Waals surface area contributed by atoms with Gasteiger partial charge < -0.3 is 19.3 Å². The first kappa shape index (κ1) is 20.6. The maximum atomic E-state index is 12.8. The summed E-state index contributed by atoms with van der Waals surface area (Å²) < 4.78 is 10.6. The van der Waals surface area contributed by atoms with Crippen LogP contribution in [-0.2, 0) is 11.2 Å². The number of hydrogen-bond donors (Lipinski definition) is 0. The maximum Gasteiger partial charge on any atom is 0.227 e. The van der Waals surface area contributed by atoms with Gasteiger partial charge in [-0.3, -0.25) is 9.78 Å². The Labute approximate surface area is 181 Å². The van der Waals surface area contributed by atoms with E-state index in [1.807, 2.05) is 53.4 Å². The fourth-order valence-electron chi connectivity index (χ4n) is 3.61. The molecule has 3 aromatic rings. The molecule has 8 heteroatoms. The number of benzene rings is 1. The van der Waals surface area contributed by atoms with Crippen molar-refractivity contribution in [3.05, 3.63) is 60.3 Å². The summed E-state index contributed by atoms with van der Waals surface area (Å²) >= 11 is 0. The van der Waals surface area contributed by atoms with Crippen LogP contribution in [0.3, 0.4) is 0 Å². The van der Waals surface area contributed by atoms with Crippen LogP contribution in [0.4, 0.5) is 5.82 Å². The molecule has 1 amide bonds. The van der Waals surface area contributed by atoms with E-state index in [-0.39, 0.29) is 5.91 Å². The molecule has 0 bridgehead atoms. The van der Waals surface area contributed by atoms with Crippen LogP contribution >= 0.6 is 0 Å². The van der Waals surface area contributed by atoms with Crippen LogP contribution in [0.25, 0.3) is 11.4 Å². The lowest BCUT2D eigenvalue weighted by Crippen LogP contribution is -2.49. The number of rotatable bonds is 6. The van der Waals surface area contributed by atoms with Gasteiger partial charge in [-0.25, -0.2) is 0 Å². The van der Waals surface area contributed by atoms with Crippen molar-refractivity contribution < 1.29 is 14.3 Å². The lowest BCUT2D eigenvalue weighted by Gasteiger charge is -2.35. The number of aromatic nitrogens is 3. The zero-order valence-electron chi connectivity index (χ0n) is 17.7. The Morgan fingerprint density at radius 1 is 0.903 bits per heavy atom. The molecule has 0 N–H and O–H groups in total. The van der Waals surface area contributed by atoms with Crippen molar-refractivity contribution in [2.24, 2.45) is 0 Å². The zero-order chi connectivity index (χ0) is 21.6. The highest BCUT2D eigenvalue weighted by atomic mass is 16.5. The highest BCUT2D eigenvalue weighted by Gasteiger charge is 2.22. The number of carbonyl (C=O) groups excluding carboxylic acids is 1. The minimum Gasteiger partial charge on any atom is -0.493 e. The largest absolute Gasteiger partial charge is 0.493 e. The molecule has 0 aliphatic carbocycles. The van der Waals surface area contributed by atoms with Crippen LogP contribution in [0.2, 0.25) is 0 Å². The summed E-state index contributed by atoms with van der Waals surface area (Å²) in [6.45, 7) is 2.73. The Morgan fingerprint density at radius 2 is 1.71 bits per heavy atom. The maximum absolute atomic E-state index is 12.8. The fourth-order valence-corrected chi connectivity index (χ4v) is 3.61. The van der Waals surface area contributed by atoms with Crippen LogP contribution in [0.1, 0.15) is 5.56 Å². The van der Waals surface area contributed by atoms with Gasteiger partial charge in [-0.05, 0) is 42.0 Å². The van der Waals surface area contributed by atoms with E-state index in [1.54, 1.807) is 20.4 Å². The van der Waals surface area contributed by atoms with E-state index in [0.717, 1.165) is 35.9 Å². The van der Waals surface area contributed by atoms with Crippen LogP contribution in [-0.4, -0.2) is 66.4 Å². The summed E-state index contributed by atoms with van der Waals surface area (Å²) in [6.07, 6.45) is 2.07. The number of anilines is 1. The lowest BCUT2D eigenvalue weighted by molar-refractivity contribution is -0.130. The SMILES string of the molecule is COc1ccc(CC(=O)N2CCN(c3ccc(-c4ccccn4)nn3)CC2)cc1OC. The molecule has 0 saturated carbocycles. The van der Waals surface area contributed by atoms with Crippen molar-refractivity contribution in [3.63, 3.8) is 0 Å². The minimum atomic E-state index is 0.100.